The highest BCUT2D eigenvalue weighted by Gasteiger charge is 2.21. The summed E-state index contributed by atoms with van der Waals surface area (Å²) in [6, 6.07) is 15.8. The molecular weight excluding hydrogens is 408 g/mol. The summed E-state index contributed by atoms with van der Waals surface area (Å²) in [4.78, 5) is 25.7. The molecule has 1 aromatic heterocycles. The Morgan fingerprint density at radius 3 is 2.58 bits per heavy atom. The van der Waals surface area contributed by atoms with Gasteiger partial charge in [0.05, 0.1) is 10.5 Å². The third-order valence-corrected chi connectivity index (χ3v) is 6.45. The lowest BCUT2D eigenvalue weighted by Gasteiger charge is -2.17. The van der Waals surface area contributed by atoms with Crippen LogP contribution in [-0.2, 0) is 17.6 Å². The zero-order valence-electron chi connectivity index (χ0n) is 17.6. The van der Waals surface area contributed by atoms with Crippen molar-refractivity contribution in [3.05, 3.63) is 65.5 Å². The van der Waals surface area contributed by atoms with Crippen molar-refractivity contribution in [3.63, 3.8) is 0 Å². The van der Waals surface area contributed by atoms with Gasteiger partial charge in [-0.15, -0.1) is 11.8 Å². The third kappa shape index (κ3) is 5.32. The molecule has 7 nitrogen and oxygen atoms in total. The number of aromatic nitrogens is 3. The lowest BCUT2D eigenvalue weighted by atomic mass is 10.1. The Balaban J connectivity index is 1.40. The highest BCUT2D eigenvalue weighted by Crippen LogP contribution is 2.31. The summed E-state index contributed by atoms with van der Waals surface area (Å²) in [5, 5.41) is 5.75. The minimum absolute atomic E-state index is 0.0422. The number of fused-ring (bicyclic) bond motifs is 1. The van der Waals surface area contributed by atoms with Crippen LogP contribution < -0.4 is 16.4 Å². The van der Waals surface area contributed by atoms with Crippen molar-refractivity contribution in [2.24, 2.45) is 0 Å². The molecule has 0 saturated heterocycles. The maximum atomic E-state index is 12.7. The fourth-order valence-corrected chi connectivity index (χ4v) is 4.64. The SMILES string of the molecule is C[C@@H](S[C@H](C)c1nc(N)nc(Nc2ccccc2)n1)C(=O)Nc1ccc2c(c1)CCC2. The van der Waals surface area contributed by atoms with Gasteiger partial charge in [0.1, 0.15) is 5.82 Å². The van der Waals surface area contributed by atoms with Crippen LogP contribution in [0.3, 0.4) is 0 Å². The lowest BCUT2D eigenvalue weighted by molar-refractivity contribution is -0.115. The zero-order valence-corrected chi connectivity index (χ0v) is 18.4. The normalized spacial score (nSPS) is 14.5. The van der Waals surface area contributed by atoms with Gasteiger partial charge in [0.15, 0.2) is 0 Å². The third-order valence-electron chi connectivity index (χ3n) is 5.21. The van der Waals surface area contributed by atoms with Crippen molar-refractivity contribution in [2.75, 3.05) is 16.4 Å². The van der Waals surface area contributed by atoms with Crippen molar-refractivity contribution >= 4 is 40.9 Å². The van der Waals surface area contributed by atoms with Gasteiger partial charge in [0.25, 0.3) is 0 Å². The first kappa shape index (κ1) is 21.1. The first-order valence-electron chi connectivity index (χ1n) is 10.4. The van der Waals surface area contributed by atoms with Crippen molar-refractivity contribution in [1.29, 1.82) is 0 Å². The molecule has 4 N–H and O–H groups in total. The van der Waals surface area contributed by atoms with Crippen LogP contribution in [0.25, 0.3) is 0 Å². The van der Waals surface area contributed by atoms with Gasteiger partial charge in [0, 0.05) is 11.4 Å². The van der Waals surface area contributed by atoms with Gasteiger partial charge < -0.3 is 16.4 Å². The topological polar surface area (TPSA) is 106 Å². The van der Waals surface area contributed by atoms with E-state index in [1.54, 1.807) is 0 Å². The summed E-state index contributed by atoms with van der Waals surface area (Å²) in [6.07, 6.45) is 3.40. The highest BCUT2D eigenvalue weighted by atomic mass is 32.2. The second kappa shape index (κ2) is 9.34. The summed E-state index contributed by atoms with van der Waals surface area (Å²) in [5.41, 5.74) is 10.3. The largest absolute Gasteiger partial charge is 0.368 e. The number of benzene rings is 2. The minimum atomic E-state index is -0.285. The maximum Gasteiger partial charge on any atom is 0.237 e. The molecule has 2 aromatic carbocycles. The van der Waals surface area contributed by atoms with Crippen LogP contribution in [0.15, 0.2) is 48.5 Å². The molecule has 4 rings (SSSR count). The Bertz CT molecular complexity index is 1070. The quantitative estimate of drug-likeness (QED) is 0.502. The van der Waals surface area contributed by atoms with Crippen LogP contribution in [-0.4, -0.2) is 26.1 Å². The Morgan fingerprint density at radius 2 is 1.77 bits per heavy atom. The Kier molecular flexibility index (Phi) is 6.36. The first-order valence-corrected chi connectivity index (χ1v) is 11.3. The summed E-state index contributed by atoms with van der Waals surface area (Å²) in [7, 11) is 0. The van der Waals surface area contributed by atoms with E-state index >= 15 is 0 Å². The van der Waals surface area contributed by atoms with Crippen LogP contribution in [0.2, 0.25) is 0 Å². The number of aryl methyl sites for hydroxylation is 2. The number of para-hydroxylation sites is 1. The van der Waals surface area contributed by atoms with Gasteiger partial charge in [-0.05, 0) is 68.5 Å². The molecule has 8 heteroatoms. The number of hydrogen-bond acceptors (Lipinski definition) is 7. The van der Waals surface area contributed by atoms with E-state index in [0.29, 0.717) is 11.8 Å². The predicted molar refractivity (Wildman–Crippen MR) is 127 cm³/mol. The summed E-state index contributed by atoms with van der Waals surface area (Å²) in [6.45, 7) is 3.85. The monoisotopic (exact) mass is 434 g/mol. The van der Waals surface area contributed by atoms with Gasteiger partial charge in [-0.3, -0.25) is 4.79 Å². The predicted octanol–water partition coefficient (Wildman–Crippen LogP) is 4.51. The average molecular weight is 435 g/mol. The van der Waals surface area contributed by atoms with Gasteiger partial charge in [-0.2, -0.15) is 15.0 Å². The van der Waals surface area contributed by atoms with Crippen molar-refractivity contribution in [3.8, 4) is 0 Å². The Labute approximate surface area is 186 Å². The fraction of sp³-hybridized carbons (Fsp3) is 0.304. The molecule has 0 spiro atoms. The van der Waals surface area contributed by atoms with Crippen LogP contribution in [0, 0.1) is 0 Å². The van der Waals surface area contributed by atoms with Crippen LogP contribution in [0.4, 0.5) is 23.3 Å². The molecule has 0 fully saturated rings. The second-order valence-corrected chi connectivity index (χ2v) is 9.30. The van der Waals surface area contributed by atoms with E-state index in [4.69, 9.17) is 5.73 Å². The Hall–Kier alpha value is -3.13. The maximum absolute atomic E-state index is 12.7. The number of thioether (sulfide) groups is 1. The van der Waals surface area contributed by atoms with Crippen molar-refractivity contribution in [2.45, 2.75) is 43.6 Å². The minimum Gasteiger partial charge on any atom is -0.368 e. The molecule has 0 saturated carbocycles. The molecule has 2 atom stereocenters. The van der Waals surface area contributed by atoms with Gasteiger partial charge >= 0.3 is 0 Å². The number of nitrogen functional groups attached to an aromatic ring is 1. The molecule has 1 amide bonds. The zero-order chi connectivity index (χ0) is 21.8. The molecule has 1 aliphatic carbocycles. The van der Waals surface area contributed by atoms with E-state index in [1.165, 1.54) is 29.3 Å². The Morgan fingerprint density at radius 1 is 1.00 bits per heavy atom. The standard InChI is InChI=1S/C23H26N6OS/c1-14(20-27-22(24)29-23(28-20)26-18-9-4-3-5-10-18)31-15(2)21(30)25-19-12-11-16-7-6-8-17(16)13-19/h3-5,9-15H,6-8H2,1-2H3,(H,25,30)(H3,24,26,27,28,29)/t14-,15-/m1/s1. The van der Waals surface area contributed by atoms with Crippen LogP contribution in [0.1, 0.15) is 42.5 Å². The number of carbonyl (C=O) groups is 1. The van der Waals surface area contributed by atoms with Gasteiger partial charge in [-0.25, -0.2) is 0 Å². The molecule has 3 aromatic rings. The number of hydrogen-bond donors (Lipinski definition) is 3. The lowest BCUT2D eigenvalue weighted by Crippen LogP contribution is -2.23. The summed E-state index contributed by atoms with van der Waals surface area (Å²) < 4.78 is 0. The van der Waals surface area contributed by atoms with Gasteiger partial charge in [0.2, 0.25) is 17.8 Å². The molecule has 1 heterocycles. The molecule has 31 heavy (non-hydrogen) atoms. The van der Waals surface area contributed by atoms with Crippen LogP contribution in [0.5, 0.6) is 0 Å². The van der Waals surface area contributed by atoms with E-state index < -0.39 is 0 Å². The number of nitrogens with zero attached hydrogens (tertiary/aromatic N) is 3. The van der Waals surface area contributed by atoms with E-state index in [-0.39, 0.29) is 22.4 Å². The molecule has 0 bridgehead atoms. The molecule has 0 unspecified atom stereocenters. The number of rotatable bonds is 7. The van der Waals surface area contributed by atoms with Crippen molar-refractivity contribution < 1.29 is 4.79 Å². The number of amides is 1. The van der Waals surface area contributed by atoms with Gasteiger partial charge in [-0.1, -0.05) is 24.3 Å². The number of carbonyl (C=O) groups excluding carboxylic acids is 1. The average Bonchev–Trinajstić information content (AvgIpc) is 3.22. The molecule has 1 aliphatic rings. The van der Waals surface area contributed by atoms with Crippen LogP contribution >= 0.6 is 11.8 Å². The number of nitrogens with two attached hydrogens (primary N) is 1. The number of anilines is 4. The first-order chi connectivity index (χ1) is 15.0. The number of nitrogens with one attached hydrogen (secondary N) is 2. The second-order valence-electron chi connectivity index (χ2n) is 7.61. The summed E-state index contributed by atoms with van der Waals surface area (Å²) >= 11 is 1.48. The smallest absolute Gasteiger partial charge is 0.237 e. The molecule has 0 aliphatic heterocycles. The van der Waals surface area contributed by atoms with Crippen molar-refractivity contribution in [1.82, 2.24) is 15.0 Å². The fourth-order valence-electron chi connectivity index (χ4n) is 3.62. The van der Waals surface area contributed by atoms with E-state index in [9.17, 15) is 4.79 Å². The summed E-state index contributed by atoms with van der Waals surface area (Å²) in [5.74, 6) is 1.02. The van der Waals surface area contributed by atoms with E-state index in [0.717, 1.165) is 24.2 Å². The van der Waals surface area contributed by atoms with E-state index in [1.807, 2.05) is 50.2 Å². The molecule has 160 valence electrons. The highest BCUT2D eigenvalue weighted by molar-refractivity contribution is 8.00. The molecule has 0 radical (unpaired) electrons. The van der Waals surface area contributed by atoms with E-state index in [2.05, 4.69) is 37.7 Å². The molecular formula is C23H26N6OS.